The predicted molar refractivity (Wildman–Crippen MR) is 111 cm³/mol. The minimum atomic E-state index is -0.626. The Balaban J connectivity index is 1.70. The third kappa shape index (κ3) is 3.44. The molecular weight excluding hydrogens is 386 g/mol. The van der Waals surface area contributed by atoms with Crippen LogP contribution in [0.2, 0.25) is 0 Å². The Hall–Kier alpha value is -4.27. The van der Waals surface area contributed by atoms with E-state index in [0.29, 0.717) is 11.3 Å². The van der Waals surface area contributed by atoms with E-state index in [0.717, 1.165) is 29.4 Å². The van der Waals surface area contributed by atoms with Gasteiger partial charge in [0.05, 0.1) is 21.7 Å². The number of phenolic OH excluding ortho intramolecular Hbond substituents is 1. The van der Waals surface area contributed by atoms with E-state index in [1.165, 1.54) is 16.9 Å². The predicted octanol–water partition coefficient (Wildman–Crippen LogP) is 3.31. The number of fused-ring (bicyclic) bond motifs is 1. The molecule has 0 bridgehead atoms. The van der Waals surface area contributed by atoms with E-state index in [2.05, 4.69) is 10.1 Å². The number of rotatable bonds is 5. The van der Waals surface area contributed by atoms with E-state index in [1.807, 2.05) is 43.3 Å². The molecule has 0 saturated heterocycles. The minimum absolute atomic E-state index is 0.149. The molecule has 0 atom stereocenters. The molecule has 0 spiro atoms. The van der Waals surface area contributed by atoms with Gasteiger partial charge in [0, 0.05) is 55.9 Å². The fourth-order valence-corrected chi connectivity index (χ4v) is 3.04. The van der Waals surface area contributed by atoms with E-state index >= 15 is 0 Å². The molecule has 2 aromatic carbocycles. The number of anilines is 1. The zero-order valence-electron chi connectivity index (χ0n) is 16.2. The van der Waals surface area contributed by atoms with Gasteiger partial charge in [-0.05, 0) is 18.2 Å². The first-order valence-corrected chi connectivity index (χ1v) is 8.99. The number of ketones is 1. The van der Waals surface area contributed by atoms with Gasteiger partial charge in [-0.25, -0.2) is 9.50 Å². The van der Waals surface area contributed by atoms with Gasteiger partial charge in [-0.3, -0.25) is 14.9 Å². The van der Waals surface area contributed by atoms with Gasteiger partial charge in [0.25, 0.3) is 5.69 Å². The second-order valence-corrected chi connectivity index (χ2v) is 6.90. The molecule has 0 amide bonds. The number of nitro benzene ring substituents is 1. The van der Waals surface area contributed by atoms with Gasteiger partial charge in [-0.15, -0.1) is 0 Å². The molecule has 0 fully saturated rings. The van der Waals surface area contributed by atoms with Gasteiger partial charge >= 0.3 is 0 Å². The third-order valence-corrected chi connectivity index (χ3v) is 4.69. The minimum Gasteiger partial charge on any atom is -0.507 e. The average Bonchev–Trinajstić information content (AvgIpc) is 3.17. The van der Waals surface area contributed by atoms with Crippen molar-refractivity contribution in [3.63, 3.8) is 0 Å². The SMILES string of the molecule is CN(C)c1ccc(-c2cc3ncc(C(=O)c4cc([N+](=O)[O-])ccc4O)cn3n2)cc1. The summed E-state index contributed by atoms with van der Waals surface area (Å²) in [5, 5.41) is 25.4. The summed E-state index contributed by atoms with van der Waals surface area (Å²) in [5.74, 6) is -0.925. The molecule has 9 nitrogen and oxygen atoms in total. The Labute approximate surface area is 171 Å². The van der Waals surface area contributed by atoms with Crippen LogP contribution in [-0.4, -0.2) is 44.5 Å². The average molecular weight is 403 g/mol. The Bertz CT molecular complexity index is 1280. The smallest absolute Gasteiger partial charge is 0.270 e. The largest absolute Gasteiger partial charge is 0.507 e. The van der Waals surface area contributed by atoms with Gasteiger partial charge in [-0.1, -0.05) is 12.1 Å². The monoisotopic (exact) mass is 403 g/mol. The number of aromatic nitrogens is 3. The van der Waals surface area contributed by atoms with Crippen LogP contribution in [0.4, 0.5) is 11.4 Å². The summed E-state index contributed by atoms with van der Waals surface area (Å²) in [6, 6.07) is 13.0. The summed E-state index contributed by atoms with van der Waals surface area (Å²) in [4.78, 5) is 29.4. The van der Waals surface area contributed by atoms with Crippen molar-refractivity contribution in [1.29, 1.82) is 0 Å². The highest BCUT2D eigenvalue weighted by Gasteiger charge is 2.19. The molecule has 0 unspecified atom stereocenters. The van der Waals surface area contributed by atoms with Gasteiger partial charge in [0.1, 0.15) is 5.75 Å². The first-order chi connectivity index (χ1) is 14.3. The van der Waals surface area contributed by atoms with Crippen molar-refractivity contribution in [2.45, 2.75) is 0 Å². The standard InChI is InChI=1S/C21H17N5O4/c1-24(2)15-5-3-13(4-6-15)18-10-20-22-11-14(12-25(20)23-18)21(28)17-9-16(26(29)30)7-8-19(17)27/h3-12,27H,1-2H3. The number of carbonyl (C=O) groups excluding carboxylic acids is 1. The summed E-state index contributed by atoms with van der Waals surface area (Å²) < 4.78 is 1.47. The topological polar surface area (TPSA) is 114 Å². The number of hydrogen-bond acceptors (Lipinski definition) is 7. The molecule has 4 aromatic rings. The molecule has 150 valence electrons. The number of hydrogen-bond donors (Lipinski definition) is 1. The molecule has 0 saturated carbocycles. The molecule has 0 aliphatic rings. The first-order valence-electron chi connectivity index (χ1n) is 8.99. The van der Waals surface area contributed by atoms with Crippen LogP contribution in [0.3, 0.4) is 0 Å². The molecule has 0 aliphatic carbocycles. The van der Waals surface area contributed by atoms with Crippen LogP contribution in [0, 0.1) is 10.1 Å². The number of nitro groups is 1. The van der Waals surface area contributed by atoms with Crippen molar-refractivity contribution in [1.82, 2.24) is 14.6 Å². The fraction of sp³-hybridized carbons (Fsp3) is 0.0952. The molecule has 9 heteroatoms. The van der Waals surface area contributed by atoms with Crippen molar-refractivity contribution in [2.75, 3.05) is 19.0 Å². The first kappa shape index (κ1) is 19.1. The van der Waals surface area contributed by atoms with Gasteiger partial charge in [0.15, 0.2) is 11.4 Å². The number of phenols is 1. The fourth-order valence-electron chi connectivity index (χ4n) is 3.04. The van der Waals surface area contributed by atoms with Crippen LogP contribution in [0.1, 0.15) is 15.9 Å². The molecule has 4 rings (SSSR count). The number of aromatic hydroxyl groups is 1. The summed E-state index contributed by atoms with van der Waals surface area (Å²) in [6.45, 7) is 0. The number of benzene rings is 2. The molecular formula is C21H17N5O4. The maximum absolute atomic E-state index is 12.8. The zero-order valence-corrected chi connectivity index (χ0v) is 16.2. The highest BCUT2D eigenvalue weighted by Crippen LogP contribution is 2.26. The Morgan fingerprint density at radius 2 is 1.87 bits per heavy atom. The Kier molecular flexibility index (Phi) is 4.63. The third-order valence-electron chi connectivity index (χ3n) is 4.69. The summed E-state index contributed by atoms with van der Waals surface area (Å²) in [7, 11) is 3.92. The van der Waals surface area contributed by atoms with Crippen LogP contribution in [-0.2, 0) is 0 Å². The van der Waals surface area contributed by atoms with Crippen LogP contribution in [0.5, 0.6) is 5.75 Å². The Morgan fingerprint density at radius 3 is 2.53 bits per heavy atom. The lowest BCUT2D eigenvalue weighted by Crippen LogP contribution is -2.07. The highest BCUT2D eigenvalue weighted by molar-refractivity contribution is 6.10. The van der Waals surface area contributed by atoms with Crippen LogP contribution in [0.25, 0.3) is 16.9 Å². The van der Waals surface area contributed by atoms with E-state index in [9.17, 15) is 20.0 Å². The lowest BCUT2D eigenvalue weighted by molar-refractivity contribution is -0.384. The molecule has 0 radical (unpaired) electrons. The number of nitrogens with zero attached hydrogens (tertiary/aromatic N) is 5. The van der Waals surface area contributed by atoms with Crippen molar-refractivity contribution in [3.8, 4) is 17.0 Å². The maximum atomic E-state index is 12.8. The van der Waals surface area contributed by atoms with E-state index in [1.54, 1.807) is 6.07 Å². The van der Waals surface area contributed by atoms with Crippen LogP contribution in [0.15, 0.2) is 60.9 Å². The highest BCUT2D eigenvalue weighted by atomic mass is 16.6. The summed E-state index contributed by atoms with van der Waals surface area (Å²) in [6.07, 6.45) is 2.84. The lowest BCUT2D eigenvalue weighted by Gasteiger charge is -2.11. The zero-order chi connectivity index (χ0) is 21.4. The van der Waals surface area contributed by atoms with Gasteiger partial charge < -0.3 is 10.0 Å². The second kappa shape index (κ2) is 7.28. The van der Waals surface area contributed by atoms with Crippen molar-refractivity contribution in [3.05, 3.63) is 82.2 Å². The Morgan fingerprint density at radius 1 is 1.13 bits per heavy atom. The normalized spacial score (nSPS) is 10.9. The van der Waals surface area contributed by atoms with Gasteiger partial charge in [0.2, 0.25) is 0 Å². The molecule has 2 heterocycles. The van der Waals surface area contributed by atoms with Crippen molar-refractivity contribution >= 4 is 22.8 Å². The van der Waals surface area contributed by atoms with Gasteiger partial charge in [-0.2, -0.15) is 5.10 Å². The number of non-ortho nitro benzene ring substituents is 1. The quantitative estimate of drug-likeness (QED) is 0.309. The second-order valence-electron chi connectivity index (χ2n) is 6.90. The molecule has 30 heavy (non-hydrogen) atoms. The molecule has 0 aliphatic heterocycles. The van der Waals surface area contributed by atoms with Crippen LogP contribution >= 0.6 is 0 Å². The van der Waals surface area contributed by atoms with Crippen molar-refractivity contribution in [2.24, 2.45) is 0 Å². The maximum Gasteiger partial charge on any atom is 0.270 e. The van der Waals surface area contributed by atoms with E-state index < -0.39 is 10.7 Å². The van der Waals surface area contributed by atoms with E-state index in [4.69, 9.17) is 0 Å². The van der Waals surface area contributed by atoms with Crippen molar-refractivity contribution < 1.29 is 14.8 Å². The van der Waals surface area contributed by atoms with E-state index in [-0.39, 0.29) is 22.6 Å². The van der Waals surface area contributed by atoms with Crippen LogP contribution < -0.4 is 4.90 Å². The molecule has 2 aromatic heterocycles. The summed E-state index contributed by atoms with van der Waals surface area (Å²) in [5.41, 5.74) is 2.89. The lowest BCUT2D eigenvalue weighted by atomic mass is 10.0. The molecule has 1 N–H and O–H groups in total. The number of carbonyl (C=O) groups is 1. The summed E-state index contributed by atoms with van der Waals surface area (Å²) >= 11 is 0.